The molecule has 0 aliphatic heterocycles. The molecule has 0 amide bonds. The van der Waals surface area contributed by atoms with Crippen molar-refractivity contribution < 1.29 is 5.11 Å². The third-order valence-corrected chi connectivity index (χ3v) is 4.14. The molecule has 2 rings (SSSR count). The molecule has 1 aromatic carbocycles. The Balaban J connectivity index is 2.47. The third kappa shape index (κ3) is 2.95. The number of aliphatic hydroxyl groups excluding tert-OH is 1. The van der Waals surface area contributed by atoms with Gasteiger partial charge in [0.25, 0.3) is 0 Å². The molecule has 1 heterocycles. The molecule has 0 atom stereocenters. The van der Waals surface area contributed by atoms with E-state index in [4.69, 9.17) is 0 Å². The average molecular weight is 386 g/mol. The molecule has 0 spiro atoms. The van der Waals surface area contributed by atoms with Crippen molar-refractivity contribution in [3.63, 3.8) is 0 Å². The second-order valence-electron chi connectivity index (χ2n) is 4.40. The summed E-state index contributed by atoms with van der Waals surface area (Å²) in [5.74, 6) is 0.875. The number of benzene rings is 1. The lowest BCUT2D eigenvalue weighted by Gasteiger charge is -2.22. The lowest BCUT2D eigenvalue weighted by Crippen LogP contribution is -2.25. The number of anilines is 1. The van der Waals surface area contributed by atoms with E-state index in [0.29, 0.717) is 5.69 Å². The van der Waals surface area contributed by atoms with Gasteiger partial charge in [0.15, 0.2) is 5.82 Å². The van der Waals surface area contributed by atoms with Crippen molar-refractivity contribution in [3.8, 4) is 5.69 Å². The van der Waals surface area contributed by atoms with Gasteiger partial charge in [0.1, 0.15) is 5.69 Å². The van der Waals surface area contributed by atoms with Gasteiger partial charge < -0.3 is 10.0 Å². The molecule has 0 fully saturated rings. The lowest BCUT2D eigenvalue weighted by atomic mass is 10.2. The quantitative estimate of drug-likeness (QED) is 0.613. The standard InChI is InChI=1S/C14H19IN4O/c1-3-18(4-2)14-13(10-20)16-17-19(14)12-7-5-11(9-15)6-8-12/h5-8,20H,3-4,9-10H2,1-2H3. The normalized spacial score (nSPS) is 10.8. The van der Waals surface area contributed by atoms with E-state index < -0.39 is 0 Å². The first kappa shape index (κ1) is 15.2. The maximum atomic E-state index is 9.46. The fourth-order valence-corrected chi connectivity index (χ4v) is 2.66. The Hall–Kier alpha value is -1.15. The summed E-state index contributed by atoms with van der Waals surface area (Å²) < 4.78 is 2.79. The summed E-state index contributed by atoms with van der Waals surface area (Å²) in [6.45, 7) is 5.77. The second kappa shape index (κ2) is 7.03. The van der Waals surface area contributed by atoms with E-state index in [1.165, 1.54) is 5.56 Å². The zero-order valence-corrected chi connectivity index (χ0v) is 13.9. The van der Waals surface area contributed by atoms with Crippen LogP contribution >= 0.6 is 22.6 Å². The van der Waals surface area contributed by atoms with Crippen molar-refractivity contribution in [1.29, 1.82) is 0 Å². The smallest absolute Gasteiger partial charge is 0.158 e. The summed E-state index contributed by atoms with van der Waals surface area (Å²) in [6.07, 6.45) is 0. The van der Waals surface area contributed by atoms with Gasteiger partial charge in [0, 0.05) is 17.5 Å². The van der Waals surface area contributed by atoms with Gasteiger partial charge in [-0.2, -0.15) is 4.68 Å². The molecule has 1 N–H and O–H groups in total. The van der Waals surface area contributed by atoms with E-state index in [0.717, 1.165) is 29.0 Å². The van der Waals surface area contributed by atoms with Crippen molar-refractivity contribution >= 4 is 28.4 Å². The first-order valence-electron chi connectivity index (χ1n) is 6.70. The minimum atomic E-state index is -0.0995. The molecule has 0 saturated carbocycles. The number of aromatic nitrogens is 3. The summed E-state index contributed by atoms with van der Waals surface area (Å²) in [6, 6.07) is 8.26. The molecule has 0 aliphatic carbocycles. The van der Waals surface area contributed by atoms with E-state index in [1.807, 2.05) is 12.1 Å². The number of aliphatic hydroxyl groups is 1. The van der Waals surface area contributed by atoms with Crippen LogP contribution in [0.4, 0.5) is 5.82 Å². The van der Waals surface area contributed by atoms with Crippen molar-refractivity contribution in [1.82, 2.24) is 15.0 Å². The number of nitrogens with zero attached hydrogens (tertiary/aromatic N) is 4. The first-order valence-corrected chi connectivity index (χ1v) is 8.23. The molecule has 1 aromatic heterocycles. The van der Waals surface area contributed by atoms with Gasteiger partial charge >= 0.3 is 0 Å². The van der Waals surface area contributed by atoms with Crippen LogP contribution in [0.15, 0.2) is 24.3 Å². The molecule has 0 unspecified atom stereocenters. The van der Waals surface area contributed by atoms with Gasteiger partial charge in [-0.25, -0.2) is 0 Å². The van der Waals surface area contributed by atoms with Gasteiger partial charge in [0.05, 0.1) is 12.3 Å². The SMILES string of the molecule is CCN(CC)c1c(CO)nnn1-c1ccc(CI)cc1. The molecule has 2 aromatic rings. The predicted molar refractivity (Wildman–Crippen MR) is 88.6 cm³/mol. The van der Waals surface area contributed by atoms with Gasteiger partial charge in [-0.05, 0) is 31.5 Å². The maximum absolute atomic E-state index is 9.46. The van der Waals surface area contributed by atoms with Gasteiger partial charge in [-0.15, -0.1) is 5.10 Å². The number of hydrogen-bond donors (Lipinski definition) is 1. The Morgan fingerprint density at radius 2 is 1.85 bits per heavy atom. The summed E-state index contributed by atoms with van der Waals surface area (Å²) >= 11 is 2.34. The number of hydrogen-bond acceptors (Lipinski definition) is 4. The van der Waals surface area contributed by atoms with Crippen LogP contribution in [0, 0.1) is 0 Å². The highest BCUT2D eigenvalue weighted by Gasteiger charge is 2.18. The molecule has 20 heavy (non-hydrogen) atoms. The molecule has 0 saturated heterocycles. The molecule has 0 bridgehead atoms. The summed E-state index contributed by atoms with van der Waals surface area (Å²) in [5.41, 5.74) is 2.86. The van der Waals surface area contributed by atoms with Crippen LogP contribution in [0.3, 0.4) is 0 Å². The van der Waals surface area contributed by atoms with Crippen LogP contribution in [0.1, 0.15) is 25.1 Å². The van der Waals surface area contributed by atoms with Crippen LogP contribution in [0.2, 0.25) is 0 Å². The summed E-state index contributed by atoms with van der Waals surface area (Å²) in [5, 5.41) is 17.7. The Morgan fingerprint density at radius 3 is 2.35 bits per heavy atom. The van der Waals surface area contributed by atoms with Crippen LogP contribution in [0.25, 0.3) is 5.69 Å². The topological polar surface area (TPSA) is 54.2 Å². The molecular formula is C14H19IN4O. The Morgan fingerprint density at radius 1 is 1.20 bits per heavy atom. The highest BCUT2D eigenvalue weighted by Crippen LogP contribution is 2.23. The van der Waals surface area contributed by atoms with E-state index in [1.54, 1.807) is 4.68 Å². The van der Waals surface area contributed by atoms with E-state index in [2.05, 4.69) is 63.8 Å². The number of alkyl halides is 1. The Labute approximate surface area is 132 Å². The van der Waals surface area contributed by atoms with Crippen molar-refractivity contribution in [2.24, 2.45) is 0 Å². The molecule has 0 radical (unpaired) electrons. The number of rotatable bonds is 6. The fraction of sp³-hybridized carbons (Fsp3) is 0.429. The van der Waals surface area contributed by atoms with Crippen LogP contribution in [-0.2, 0) is 11.0 Å². The van der Waals surface area contributed by atoms with E-state index >= 15 is 0 Å². The van der Waals surface area contributed by atoms with Gasteiger partial charge in [-0.3, -0.25) is 0 Å². The zero-order chi connectivity index (χ0) is 14.5. The number of halogens is 1. The van der Waals surface area contributed by atoms with Gasteiger partial charge in [0.2, 0.25) is 0 Å². The monoisotopic (exact) mass is 386 g/mol. The van der Waals surface area contributed by atoms with Crippen molar-refractivity contribution in [2.75, 3.05) is 18.0 Å². The lowest BCUT2D eigenvalue weighted by molar-refractivity contribution is 0.277. The summed E-state index contributed by atoms with van der Waals surface area (Å²) in [4.78, 5) is 2.15. The zero-order valence-electron chi connectivity index (χ0n) is 11.8. The largest absolute Gasteiger partial charge is 0.390 e. The van der Waals surface area contributed by atoms with Crippen LogP contribution in [-0.4, -0.2) is 33.2 Å². The third-order valence-electron chi connectivity index (χ3n) is 3.26. The van der Waals surface area contributed by atoms with Crippen LogP contribution < -0.4 is 4.90 Å². The van der Waals surface area contributed by atoms with Crippen LogP contribution in [0.5, 0.6) is 0 Å². The highest BCUT2D eigenvalue weighted by molar-refractivity contribution is 14.1. The molecule has 108 valence electrons. The van der Waals surface area contributed by atoms with Crippen molar-refractivity contribution in [3.05, 3.63) is 35.5 Å². The van der Waals surface area contributed by atoms with E-state index in [-0.39, 0.29) is 6.61 Å². The highest BCUT2D eigenvalue weighted by atomic mass is 127. The second-order valence-corrected chi connectivity index (χ2v) is 5.16. The molecule has 0 aliphatic rings. The van der Waals surface area contributed by atoms with Gasteiger partial charge in [-0.1, -0.05) is 39.9 Å². The minimum absolute atomic E-state index is 0.0995. The molecular weight excluding hydrogens is 367 g/mol. The first-order chi connectivity index (χ1) is 9.74. The Bertz CT molecular complexity index is 549. The maximum Gasteiger partial charge on any atom is 0.158 e. The Kier molecular flexibility index (Phi) is 5.36. The minimum Gasteiger partial charge on any atom is -0.390 e. The summed E-state index contributed by atoms with van der Waals surface area (Å²) in [7, 11) is 0. The molecule has 5 nitrogen and oxygen atoms in total. The average Bonchev–Trinajstić information content (AvgIpc) is 2.92. The van der Waals surface area contributed by atoms with Crippen molar-refractivity contribution in [2.45, 2.75) is 24.9 Å². The predicted octanol–water partition coefficient (Wildman–Crippen LogP) is 2.54. The molecule has 6 heteroatoms. The fourth-order valence-electron chi connectivity index (χ4n) is 2.15. The van der Waals surface area contributed by atoms with E-state index in [9.17, 15) is 5.11 Å².